The third-order valence-electron chi connectivity index (χ3n) is 16.4. The summed E-state index contributed by atoms with van der Waals surface area (Å²) in [5.41, 5.74) is 1.15. The topological polar surface area (TPSA) is 58.2 Å². The summed E-state index contributed by atoms with van der Waals surface area (Å²) in [6.07, 6.45) is 6.34. The van der Waals surface area contributed by atoms with E-state index in [9.17, 15) is 0 Å². The molecule has 1 N–H and O–H groups in total. The fraction of sp³-hybridized carbons (Fsp3) is 0.391. The monoisotopic (exact) mass is 1100 g/mol. The van der Waals surface area contributed by atoms with Crippen molar-refractivity contribution in [3.05, 3.63) is 212 Å². The first-order chi connectivity index (χ1) is 37.5. The molecule has 0 saturated carbocycles. The van der Waals surface area contributed by atoms with E-state index in [0.717, 1.165) is 56.3 Å². The van der Waals surface area contributed by atoms with Crippen LogP contribution in [0, 0.1) is 0 Å². The summed E-state index contributed by atoms with van der Waals surface area (Å²) in [4.78, 5) is 0. The van der Waals surface area contributed by atoms with E-state index in [0.29, 0.717) is 19.8 Å². The molecule has 7 aromatic carbocycles. The van der Waals surface area contributed by atoms with Crippen molar-refractivity contribution >= 4 is 56.1 Å². The Hall–Kier alpha value is -5.21. The number of rotatable bonds is 25. The first-order valence-corrected chi connectivity index (χ1v) is 34.6. The molecule has 0 unspecified atom stereocenters. The maximum atomic E-state index is 8.30. The average molecular weight is 1100 g/mol. The van der Waals surface area contributed by atoms with Crippen LogP contribution in [-0.4, -0.2) is 69.6 Å². The highest BCUT2D eigenvalue weighted by Crippen LogP contribution is 2.42. The molecule has 0 bridgehead atoms. The third-order valence-corrected chi connectivity index (χ3v) is 31.6. The highest BCUT2D eigenvalue weighted by Gasteiger charge is 2.55. The van der Waals surface area contributed by atoms with E-state index in [1.165, 1.54) is 31.1 Å². The Morgan fingerprint density at radius 2 is 0.744 bits per heavy atom. The largest absolute Gasteiger partial charge is 0.497 e. The van der Waals surface area contributed by atoms with Gasteiger partial charge in [0.15, 0.2) is 0 Å². The second kappa shape index (κ2) is 26.4. The Balaban J connectivity index is 1.15. The smallest absolute Gasteiger partial charge is 0.261 e. The van der Waals surface area contributed by atoms with E-state index in [1.54, 1.807) is 7.11 Å². The van der Waals surface area contributed by atoms with Gasteiger partial charge in [0, 0.05) is 25.3 Å². The number of benzene rings is 7. The van der Waals surface area contributed by atoms with Crippen LogP contribution in [0.5, 0.6) is 5.75 Å². The molecular formula is C69H89NO5Si3. The Bertz CT molecular complexity index is 2720. The highest BCUT2D eigenvalue weighted by atomic mass is 28.4. The zero-order valence-corrected chi connectivity index (χ0v) is 51.6. The molecule has 1 fully saturated rings. The lowest BCUT2D eigenvalue weighted by Crippen LogP contribution is -2.69. The summed E-state index contributed by atoms with van der Waals surface area (Å²) in [6, 6.07) is 75.2. The molecule has 1 heterocycles. The maximum Gasteiger partial charge on any atom is 0.261 e. The van der Waals surface area contributed by atoms with Gasteiger partial charge in [-0.1, -0.05) is 256 Å². The molecule has 7 aromatic rings. The highest BCUT2D eigenvalue weighted by molar-refractivity contribution is 7.00. The van der Waals surface area contributed by atoms with Crippen LogP contribution in [0.4, 0.5) is 0 Å². The second-order valence-electron chi connectivity index (χ2n) is 24.6. The molecule has 78 heavy (non-hydrogen) atoms. The van der Waals surface area contributed by atoms with Gasteiger partial charge in [-0.15, -0.1) is 0 Å². The predicted octanol–water partition coefficient (Wildman–Crippen LogP) is 12.7. The number of methoxy groups -OCH3 is 1. The quantitative estimate of drug-likeness (QED) is 0.0455. The van der Waals surface area contributed by atoms with Gasteiger partial charge in [-0.05, 0) is 109 Å². The van der Waals surface area contributed by atoms with Crippen LogP contribution in [0.1, 0.15) is 113 Å². The first kappa shape index (κ1) is 58.9. The van der Waals surface area contributed by atoms with Gasteiger partial charge in [0.05, 0.1) is 25.9 Å². The molecular weight excluding hydrogens is 1010 g/mol. The maximum absolute atomic E-state index is 8.30. The summed E-state index contributed by atoms with van der Waals surface area (Å²) in [5, 5.41) is 11.7. The van der Waals surface area contributed by atoms with Gasteiger partial charge in [0.2, 0.25) is 0 Å². The minimum atomic E-state index is -2.99. The summed E-state index contributed by atoms with van der Waals surface area (Å²) in [6.45, 7) is 23.4. The lowest BCUT2D eigenvalue weighted by molar-refractivity contribution is 0.0979. The normalized spacial score (nSPS) is 16.4. The molecule has 412 valence electrons. The summed E-state index contributed by atoms with van der Waals surface area (Å²) in [5.74, 6) is 0.856. The van der Waals surface area contributed by atoms with Gasteiger partial charge in [-0.3, -0.25) is 0 Å². The number of unbranched alkanes of at least 4 members (excludes halogenated alkanes) is 1. The van der Waals surface area contributed by atoms with Crippen molar-refractivity contribution in [3.63, 3.8) is 0 Å². The van der Waals surface area contributed by atoms with Gasteiger partial charge in [-0.25, -0.2) is 0 Å². The van der Waals surface area contributed by atoms with E-state index in [1.807, 2.05) is 12.1 Å². The Morgan fingerprint density at radius 1 is 0.410 bits per heavy atom. The van der Waals surface area contributed by atoms with Crippen LogP contribution < -0.4 is 41.2 Å². The number of hydrogen-bond acceptors (Lipinski definition) is 6. The van der Waals surface area contributed by atoms with Gasteiger partial charge in [0.1, 0.15) is 5.75 Å². The molecule has 0 amide bonds. The molecule has 1 aliphatic rings. The minimum Gasteiger partial charge on any atom is -0.497 e. The standard InChI is InChI=1S/C69H89NO5Si3/c1-67(2,3)76(57-32-17-11-18-33-57,58-34-19-12-20-35-58)73-53-31-45-66(75-78(69(7,8)9,61-40-25-15-26-41-61)62-42-27-16-28-43-62)64-51-50-63(70-64)65(44-29-30-52-72-54-55-46-48-56(71-10)49-47-55)74-77(68(4,5)6,59-36-21-13-22-37-59)60-38-23-14-24-39-60/h11-28,32-43,46-49,63-66,70H,29-31,44-45,50-54H2,1-10H3/t63-,64-,65-,66-/m0/s1. The van der Waals surface area contributed by atoms with Crippen molar-refractivity contribution in [2.45, 2.75) is 153 Å². The molecule has 0 aliphatic carbocycles. The van der Waals surface area contributed by atoms with Gasteiger partial charge in [0.25, 0.3) is 25.0 Å². The number of ether oxygens (including phenoxy) is 2. The molecule has 0 radical (unpaired) electrons. The lowest BCUT2D eigenvalue weighted by Gasteiger charge is -2.47. The van der Waals surface area contributed by atoms with E-state index >= 15 is 0 Å². The van der Waals surface area contributed by atoms with Crippen LogP contribution in [0.2, 0.25) is 15.1 Å². The first-order valence-electron chi connectivity index (χ1n) is 28.8. The Morgan fingerprint density at radius 3 is 1.08 bits per heavy atom. The van der Waals surface area contributed by atoms with E-state index in [2.05, 4.69) is 262 Å². The van der Waals surface area contributed by atoms with Crippen LogP contribution in [-0.2, 0) is 24.6 Å². The molecule has 9 heteroatoms. The molecule has 4 atom stereocenters. The van der Waals surface area contributed by atoms with Crippen molar-refractivity contribution in [3.8, 4) is 5.75 Å². The molecule has 6 nitrogen and oxygen atoms in total. The summed E-state index contributed by atoms with van der Waals surface area (Å²) < 4.78 is 35.9. The van der Waals surface area contributed by atoms with Crippen molar-refractivity contribution in [2.75, 3.05) is 20.3 Å². The van der Waals surface area contributed by atoms with Gasteiger partial charge < -0.3 is 28.1 Å². The van der Waals surface area contributed by atoms with Crippen LogP contribution in [0.3, 0.4) is 0 Å². The zero-order valence-electron chi connectivity index (χ0n) is 48.6. The lowest BCUT2D eigenvalue weighted by atomic mass is 10.0. The predicted molar refractivity (Wildman–Crippen MR) is 334 cm³/mol. The molecule has 8 rings (SSSR count). The van der Waals surface area contributed by atoms with E-state index in [4.69, 9.17) is 22.8 Å². The second-order valence-corrected chi connectivity index (χ2v) is 37.5. The molecule has 1 aliphatic heterocycles. The van der Waals surface area contributed by atoms with Crippen LogP contribution >= 0.6 is 0 Å². The van der Waals surface area contributed by atoms with Crippen LogP contribution in [0.25, 0.3) is 0 Å². The fourth-order valence-electron chi connectivity index (χ4n) is 12.6. The van der Waals surface area contributed by atoms with Crippen molar-refractivity contribution in [1.29, 1.82) is 0 Å². The fourth-order valence-corrected chi connectivity index (χ4v) is 26.7. The minimum absolute atomic E-state index is 0.0603. The Kier molecular flexibility index (Phi) is 19.9. The zero-order chi connectivity index (χ0) is 55.3. The van der Waals surface area contributed by atoms with E-state index in [-0.39, 0.29) is 39.4 Å². The van der Waals surface area contributed by atoms with E-state index < -0.39 is 25.0 Å². The van der Waals surface area contributed by atoms with Gasteiger partial charge >= 0.3 is 0 Å². The molecule has 0 aromatic heterocycles. The van der Waals surface area contributed by atoms with Crippen molar-refractivity contribution < 1.29 is 22.8 Å². The Labute approximate surface area is 472 Å². The number of hydrogen-bond donors (Lipinski definition) is 1. The number of nitrogens with one attached hydrogen (secondary N) is 1. The summed E-state index contributed by atoms with van der Waals surface area (Å²) >= 11 is 0. The third kappa shape index (κ3) is 13.2. The SMILES string of the molecule is COc1ccc(COCCCC[C@H](O[Si](c2ccccc2)(c2ccccc2)C(C)(C)C)[C@@H]2CC[C@@H]([C@H](CCCO[Si](c3ccccc3)(c3ccccc3)C(C)(C)C)O[Si](c3ccccc3)(c3ccccc3)C(C)(C)C)N2)cc1. The van der Waals surface area contributed by atoms with Crippen LogP contribution in [0.15, 0.2) is 206 Å². The molecule has 1 saturated heterocycles. The van der Waals surface area contributed by atoms with Crippen molar-refractivity contribution in [2.24, 2.45) is 0 Å². The molecule has 0 spiro atoms. The van der Waals surface area contributed by atoms with Gasteiger partial charge in [-0.2, -0.15) is 0 Å². The van der Waals surface area contributed by atoms with Crippen molar-refractivity contribution in [1.82, 2.24) is 5.32 Å². The average Bonchev–Trinajstić information content (AvgIpc) is 3.95. The summed E-state index contributed by atoms with van der Waals surface area (Å²) in [7, 11) is -7.00.